The molecule has 5 heteroatoms. The second-order valence-corrected chi connectivity index (χ2v) is 2.76. The van der Waals surface area contributed by atoms with E-state index in [4.69, 9.17) is 0 Å². The summed E-state index contributed by atoms with van der Waals surface area (Å²) in [5, 5.41) is 3.65. The molecule has 0 aromatic carbocycles. The lowest BCUT2D eigenvalue weighted by Gasteiger charge is -1.86. The number of aromatic nitrogens is 3. The molecule has 0 saturated heterocycles. The molecule has 1 rings (SSSR count). The zero-order chi connectivity index (χ0) is 8.59. The van der Waals surface area contributed by atoms with Crippen LogP contribution in [0.5, 0.6) is 0 Å². The van der Waals surface area contributed by atoms with Crippen molar-refractivity contribution in [3.05, 3.63) is 11.6 Å². The van der Waals surface area contributed by atoms with Crippen molar-refractivity contribution in [3.8, 4) is 0 Å². The first-order valence-electron chi connectivity index (χ1n) is 3.17. The van der Waals surface area contributed by atoms with Gasteiger partial charge in [0.2, 0.25) is 5.82 Å². The molecule has 0 aliphatic carbocycles. The van der Waals surface area contributed by atoms with E-state index in [2.05, 4.69) is 17.7 Å². The van der Waals surface area contributed by atoms with Gasteiger partial charge >= 0.3 is 5.82 Å². The Morgan fingerprint density at radius 3 is 2.45 bits per heavy atom. The van der Waals surface area contributed by atoms with Crippen molar-refractivity contribution < 1.29 is 9.36 Å². The molecule has 1 heterocycles. The fraction of sp³-hybridized carbons (Fsp3) is 0.500. The summed E-state index contributed by atoms with van der Waals surface area (Å²) in [5.74, 6) is 1.29. The fourth-order valence-electron chi connectivity index (χ4n) is 0.838. The minimum atomic E-state index is -0.309. The molecular weight excluding hydrogens is 162 g/mol. The van der Waals surface area contributed by atoms with Crippen molar-refractivity contribution >= 4 is 17.7 Å². The maximum atomic E-state index is 10.8. The Kier molecular flexibility index (Phi) is 1.99. The lowest BCUT2D eigenvalue weighted by Crippen LogP contribution is -2.35. The van der Waals surface area contributed by atoms with Gasteiger partial charge in [0, 0.05) is 6.92 Å². The number of carbonyl (C=O) groups excluding carboxylic acids is 1. The fourth-order valence-corrected chi connectivity index (χ4v) is 1.03. The van der Waals surface area contributed by atoms with Gasteiger partial charge in [-0.3, -0.25) is 4.79 Å². The average Bonchev–Trinajstić information content (AvgIpc) is 2.17. The van der Waals surface area contributed by atoms with E-state index >= 15 is 0 Å². The molecule has 60 valence electrons. The van der Waals surface area contributed by atoms with E-state index in [-0.39, 0.29) is 5.12 Å². The third-order valence-corrected chi connectivity index (χ3v) is 1.91. The number of hydrogen-bond donors (Lipinski definition) is 1. The normalized spacial score (nSPS) is 10.2. The van der Waals surface area contributed by atoms with Gasteiger partial charge in [-0.2, -0.15) is 0 Å². The standard InChI is InChI=1S/C6H9N3OS/c1-4-8(2)5(6(10)11)7-9(4)3/h1-3H3/p+1. The van der Waals surface area contributed by atoms with Crippen LogP contribution >= 0.6 is 12.6 Å². The third kappa shape index (κ3) is 1.28. The maximum absolute atomic E-state index is 10.8. The first-order chi connectivity index (χ1) is 5.04. The van der Waals surface area contributed by atoms with Crippen LogP contribution in [-0.2, 0) is 14.1 Å². The Labute approximate surface area is 70.2 Å². The van der Waals surface area contributed by atoms with Gasteiger partial charge < -0.3 is 0 Å². The van der Waals surface area contributed by atoms with Gasteiger partial charge in [-0.1, -0.05) is 12.6 Å². The second-order valence-electron chi connectivity index (χ2n) is 2.36. The van der Waals surface area contributed by atoms with Gasteiger partial charge in [0.15, 0.2) is 0 Å². The first kappa shape index (κ1) is 8.26. The van der Waals surface area contributed by atoms with E-state index in [1.165, 1.54) is 0 Å². The number of rotatable bonds is 1. The summed E-state index contributed by atoms with van der Waals surface area (Å²) >= 11 is 3.68. The van der Waals surface area contributed by atoms with E-state index < -0.39 is 0 Å². The highest BCUT2D eigenvalue weighted by molar-refractivity contribution is 7.97. The monoisotopic (exact) mass is 172 g/mol. The molecule has 4 nitrogen and oxygen atoms in total. The molecule has 0 fully saturated rings. The highest BCUT2D eigenvalue weighted by Crippen LogP contribution is 1.94. The Bertz CT molecular complexity index is 305. The zero-order valence-electron chi connectivity index (χ0n) is 6.70. The second kappa shape index (κ2) is 2.65. The molecular formula is C6H10N3OS+. The van der Waals surface area contributed by atoms with E-state index in [0.29, 0.717) is 5.82 Å². The van der Waals surface area contributed by atoms with Crippen LogP contribution in [0.3, 0.4) is 0 Å². The molecule has 11 heavy (non-hydrogen) atoms. The third-order valence-electron chi connectivity index (χ3n) is 1.71. The van der Waals surface area contributed by atoms with Crippen molar-refractivity contribution in [2.45, 2.75) is 6.92 Å². The topological polar surface area (TPSA) is 38.8 Å². The van der Waals surface area contributed by atoms with E-state index in [0.717, 1.165) is 5.82 Å². The largest absolute Gasteiger partial charge is 0.355 e. The van der Waals surface area contributed by atoms with Crippen LogP contribution in [0.4, 0.5) is 0 Å². The van der Waals surface area contributed by atoms with Crippen LogP contribution in [0.2, 0.25) is 0 Å². The Hall–Kier alpha value is -0.840. The quantitative estimate of drug-likeness (QED) is 0.463. The Morgan fingerprint density at radius 1 is 1.73 bits per heavy atom. The van der Waals surface area contributed by atoms with Crippen LogP contribution in [0.15, 0.2) is 0 Å². The number of nitrogens with zero attached hydrogens (tertiary/aromatic N) is 3. The predicted molar refractivity (Wildman–Crippen MR) is 42.4 cm³/mol. The van der Waals surface area contributed by atoms with Crippen molar-refractivity contribution in [2.24, 2.45) is 14.1 Å². The molecule has 0 spiro atoms. The van der Waals surface area contributed by atoms with E-state index in [1.54, 1.807) is 23.3 Å². The molecule has 0 atom stereocenters. The lowest BCUT2D eigenvalue weighted by atomic mass is 10.6. The Morgan fingerprint density at radius 2 is 2.27 bits per heavy atom. The van der Waals surface area contributed by atoms with E-state index in [9.17, 15) is 4.79 Å². The van der Waals surface area contributed by atoms with Crippen LogP contribution in [0.25, 0.3) is 0 Å². The lowest BCUT2D eigenvalue weighted by molar-refractivity contribution is -0.680. The molecule has 0 amide bonds. The van der Waals surface area contributed by atoms with Crippen LogP contribution < -0.4 is 4.57 Å². The predicted octanol–water partition coefficient (Wildman–Crippen LogP) is -0.377. The molecule has 1 aromatic heterocycles. The molecule has 0 aliphatic rings. The summed E-state index contributed by atoms with van der Waals surface area (Å²) in [6, 6.07) is 0. The molecule has 0 aliphatic heterocycles. The summed E-state index contributed by atoms with van der Waals surface area (Å²) < 4.78 is 3.35. The van der Waals surface area contributed by atoms with Crippen molar-refractivity contribution in [2.75, 3.05) is 0 Å². The van der Waals surface area contributed by atoms with Gasteiger partial charge in [-0.15, -0.1) is 4.68 Å². The molecule has 0 N–H and O–H groups in total. The number of hydrogen-bond acceptors (Lipinski definition) is 2. The van der Waals surface area contributed by atoms with E-state index in [1.807, 2.05) is 6.92 Å². The minimum Gasteiger partial charge on any atom is -0.275 e. The minimum absolute atomic E-state index is 0.309. The maximum Gasteiger partial charge on any atom is 0.355 e. The summed E-state index contributed by atoms with van der Waals surface area (Å²) in [6.07, 6.45) is 0. The van der Waals surface area contributed by atoms with Crippen LogP contribution in [0, 0.1) is 6.92 Å². The number of aryl methyl sites for hydroxylation is 1. The van der Waals surface area contributed by atoms with Crippen molar-refractivity contribution in [3.63, 3.8) is 0 Å². The van der Waals surface area contributed by atoms with Gasteiger partial charge in [0.25, 0.3) is 5.12 Å². The summed E-state index contributed by atoms with van der Waals surface area (Å²) in [6.45, 7) is 1.88. The Balaban J connectivity index is 3.29. The van der Waals surface area contributed by atoms with Gasteiger partial charge in [0.1, 0.15) is 0 Å². The van der Waals surface area contributed by atoms with Gasteiger partial charge in [0.05, 0.1) is 19.2 Å². The molecule has 1 aromatic rings. The number of thiol groups is 1. The summed E-state index contributed by atoms with van der Waals surface area (Å²) in [5.41, 5.74) is 0. The zero-order valence-corrected chi connectivity index (χ0v) is 7.59. The molecule has 0 radical (unpaired) electrons. The average molecular weight is 172 g/mol. The highest BCUT2D eigenvalue weighted by atomic mass is 32.1. The molecule has 0 bridgehead atoms. The molecule has 0 unspecified atom stereocenters. The SMILES string of the molecule is Cc1n(C)nc(C(=O)S)[n+]1C. The van der Waals surface area contributed by atoms with Gasteiger partial charge in [-0.05, 0) is 0 Å². The number of carbonyl (C=O) groups is 1. The summed E-state index contributed by atoms with van der Waals surface area (Å²) in [7, 11) is 3.57. The van der Waals surface area contributed by atoms with Crippen LogP contribution in [0.1, 0.15) is 16.4 Å². The molecule has 0 saturated carbocycles. The highest BCUT2D eigenvalue weighted by Gasteiger charge is 2.21. The smallest absolute Gasteiger partial charge is 0.275 e. The van der Waals surface area contributed by atoms with Gasteiger partial charge in [-0.25, -0.2) is 4.57 Å². The summed E-state index contributed by atoms with van der Waals surface area (Å²) in [4.78, 5) is 10.8. The van der Waals surface area contributed by atoms with Crippen molar-refractivity contribution in [1.29, 1.82) is 0 Å². The van der Waals surface area contributed by atoms with Crippen LogP contribution in [-0.4, -0.2) is 14.9 Å². The van der Waals surface area contributed by atoms with Crippen molar-refractivity contribution in [1.82, 2.24) is 9.78 Å². The first-order valence-corrected chi connectivity index (χ1v) is 3.61.